The second kappa shape index (κ2) is 6.87. The predicted octanol–water partition coefficient (Wildman–Crippen LogP) is 4.35. The van der Waals surface area contributed by atoms with Crippen molar-refractivity contribution in [3.05, 3.63) is 36.2 Å². The van der Waals surface area contributed by atoms with Gasteiger partial charge in [0.25, 0.3) is 0 Å². The van der Waals surface area contributed by atoms with E-state index in [0.717, 1.165) is 16.0 Å². The van der Waals surface area contributed by atoms with E-state index >= 15 is 0 Å². The molecule has 3 rings (SSSR count). The summed E-state index contributed by atoms with van der Waals surface area (Å²) in [6.07, 6.45) is 2.77. The summed E-state index contributed by atoms with van der Waals surface area (Å²) in [5.74, 6) is 0.370. The molecular weight excluding hydrogens is 352 g/mol. The number of hydrogen-bond donors (Lipinski definition) is 0. The minimum atomic E-state index is -0.636. The van der Waals surface area contributed by atoms with E-state index in [1.807, 2.05) is 13.0 Å². The van der Waals surface area contributed by atoms with Gasteiger partial charge in [-0.1, -0.05) is 6.58 Å². The van der Waals surface area contributed by atoms with Crippen molar-refractivity contribution < 1.29 is 14.3 Å². The van der Waals surface area contributed by atoms with E-state index in [2.05, 4.69) is 21.6 Å². The molecule has 0 fully saturated rings. The van der Waals surface area contributed by atoms with Crippen molar-refractivity contribution in [1.82, 2.24) is 19.7 Å². The molecule has 0 atom stereocenters. The zero-order chi connectivity index (χ0) is 18.9. The molecule has 0 saturated heterocycles. The summed E-state index contributed by atoms with van der Waals surface area (Å²) in [6.45, 7) is 11.7. The van der Waals surface area contributed by atoms with Crippen LogP contribution in [0.25, 0.3) is 27.2 Å². The lowest BCUT2D eigenvalue weighted by Gasteiger charge is -2.19. The molecule has 7 nitrogen and oxygen atoms in total. The Balaban J connectivity index is 2.18. The maximum absolute atomic E-state index is 12.6. The largest absolute Gasteiger partial charge is 0.492 e. The third-order valence-corrected chi connectivity index (χ3v) is 4.18. The summed E-state index contributed by atoms with van der Waals surface area (Å²) in [7, 11) is 0. The van der Waals surface area contributed by atoms with Gasteiger partial charge in [-0.05, 0) is 33.8 Å². The van der Waals surface area contributed by atoms with Gasteiger partial charge in [-0.2, -0.15) is 9.78 Å². The van der Waals surface area contributed by atoms with Crippen molar-refractivity contribution in [3.63, 3.8) is 0 Å². The second-order valence-corrected chi connectivity index (χ2v) is 7.44. The maximum atomic E-state index is 12.6. The summed E-state index contributed by atoms with van der Waals surface area (Å²) in [5.41, 5.74) is 2.78. The van der Waals surface area contributed by atoms with Gasteiger partial charge in [-0.3, -0.25) is 4.98 Å². The van der Waals surface area contributed by atoms with Crippen LogP contribution in [0.4, 0.5) is 4.79 Å². The van der Waals surface area contributed by atoms with Gasteiger partial charge in [0.15, 0.2) is 0 Å². The van der Waals surface area contributed by atoms with Crippen molar-refractivity contribution in [1.29, 1.82) is 0 Å². The van der Waals surface area contributed by atoms with Crippen molar-refractivity contribution in [2.75, 3.05) is 6.61 Å². The number of rotatable bonds is 4. The average molecular weight is 372 g/mol. The van der Waals surface area contributed by atoms with Crippen LogP contribution in [0.5, 0.6) is 0 Å². The molecule has 0 unspecified atom stereocenters. The molecule has 136 valence electrons. The summed E-state index contributed by atoms with van der Waals surface area (Å²) in [6, 6.07) is 1.86. The van der Waals surface area contributed by atoms with E-state index < -0.39 is 11.7 Å². The van der Waals surface area contributed by atoms with Crippen molar-refractivity contribution in [2.45, 2.75) is 33.3 Å². The smallest absolute Gasteiger partial charge is 0.435 e. The average Bonchev–Trinajstić information content (AvgIpc) is 3.22. The maximum Gasteiger partial charge on any atom is 0.435 e. The number of pyridine rings is 1. The fourth-order valence-corrected chi connectivity index (χ4v) is 2.99. The van der Waals surface area contributed by atoms with Gasteiger partial charge in [0.2, 0.25) is 0 Å². The molecule has 0 N–H and O–H groups in total. The molecule has 0 spiro atoms. The van der Waals surface area contributed by atoms with Crippen molar-refractivity contribution in [2.24, 2.45) is 0 Å². The Labute approximate surface area is 155 Å². The SMILES string of the molecule is C=C(OCC)c1nc(-c2cncs2)cc2cnn(C(=O)OC(C)(C)C)c12. The Hall–Kier alpha value is -2.74. The molecule has 0 saturated carbocycles. The van der Waals surface area contributed by atoms with Crippen LogP contribution < -0.4 is 0 Å². The highest BCUT2D eigenvalue weighted by molar-refractivity contribution is 7.13. The van der Waals surface area contributed by atoms with E-state index in [4.69, 9.17) is 9.47 Å². The number of fused-ring (bicyclic) bond motifs is 1. The predicted molar refractivity (Wildman–Crippen MR) is 101 cm³/mol. The van der Waals surface area contributed by atoms with Gasteiger partial charge in [0.1, 0.15) is 22.6 Å². The summed E-state index contributed by atoms with van der Waals surface area (Å²) in [5, 5.41) is 4.94. The molecule has 0 radical (unpaired) electrons. The first kappa shape index (κ1) is 18.1. The molecule has 3 aromatic rings. The van der Waals surface area contributed by atoms with E-state index in [9.17, 15) is 4.79 Å². The van der Waals surface area contributed by atoms with Crippen molar-refractivity contribution >= 4 is 34.1 Å². The molecule has 0 aliphatic rings. The molecule has 3 heterocycles. The fraction of sp³-hybridized carbons (Fsp3) is 0.333. The highest BCUT2D eigenvalue weighted by Gasteiger charge is 2.24. The standard InChI is InChI=1S/C18H20N4O3S/c1-6-24-11(2)15-16-12(7-13(21-15)14-9-19-10-26-14)8-20-22(16)17(23)25-18(3,4)5/h7-10H,2,6H2,1,3-5H3. The zero-order valence-corrected chi connectivity index (χ0v) is 16.0. The highest BCUT2D eigenvalue weighted by atomic mass is 32.1. The lowest BCUT2D eigenvalue weighted by atomic mass is 10.2. The zero-order valence-electron chi connectivity index (χ0n) is 15.1. The molecule has 8 heteroatoms. The minimum absolute atomic E-state index is 0.370. The summed E-state index contributed by atoms with van der Waals surface area (Å²) < 4.78 is 12.2. The van der Waals surface area contributed by atoms with Gasteiger partial charge < -0.3 is 9.47 Å². The molecule has 0 amide bonds. The Morgan fingerprint density at radius 1 is 1.35 bits per heavy atom. The quantitative estimate of drug-likeness (QED) is 0.634. The molecule has 0 aliphatic carbocycles. The van der Waals surface area contributed by atoms with Crippen LogP contribution in [-0.2, 0) is 9.47 Å². The van der Waals surface area contributed by atoms with Crippen LogP contribution in [0.1, 0.15) is 33.4 Å². The molecule has 0 bridgehead atoms. The Kier molecular flexibility index (Phi) is 4.78. The number of carbonyl (C=O) groups is 1. The first-order valence-electron chi connectivity index (χ1n) is 8.13. The second-order valence-electron chi connectivity index (χ2n) is 6.55. The van der Waals surface area contributed by atoms with Gasteiger partial charge in [-0.15, -0.1) is 11.3 Å². The lowest BCUT2D eigenvalue weighted by Crippen LogP contribution is -2.28. The molecule has 0 aliphatic heterocycles. The van der Waals surface area contributed by atoms with Crippen LogP contribution in [0.3, 0.4) is 0 Å². The lowest BCUT2D eigenvalue weighted by molar-refractivity contribution is 0.0522. The summed E-state index contributed by atoms with van der Waals surface area (Å²) in [4.78, 5) is 22.2. The molecule has 0 aromatic carbocycles. The Morgan fingerprint density at radius 3 is 2.73 bits per heavy atom. The van der Waals surface area contributed by atoms with Crippen molar-refractivity contribution in [3.8, 4) is 10.6 Å². The highest BCUT2D eigenvalue weighted by Crippen LogP contribution is 2.30. The first-order chi connectivity index (χ1) is 12.3. The van der Waals surface area contributed by atoms with Crippen LogP contribution in [0, 0.1) is 0 Å². The number of nitrogens with zero attached hydrogens (tertiary/aromatic N) is 4. The van der Waals surface area contributed by atoms with E-state index in [-0.39, 0.29) is 0 Å². The minimum Gasteiger partial charge on any atom is -0.492 e. The Morgan fingerprint density at radius 2 is 2.12 bits per heavy atom. The topological polar surface area (TPSA) is 79.1 Å². The van der Waals surface area contributed by atoms with Crippen LogP contribution >= 0.6 is 11.3 Å². The number of aromatic nitrogens is 4. The molecule has 3 aromatic heterocycles. The van der Waals surface area contributed by atoms with Gasteiger partial charge in [0, 0.05) is 11.6 Å². The van der Waals surface area contributed by atoms with Crippen LogP contribution in [-0.4, -0.2) is 38.0 Å². The van der Waals surface area contributed by atoms with E-state index in [1.165, 1.54) is 16.0 Å². The Bertz CT molecular complexity index is 955. The molecular formula is C18H20N4O3S. The number of hydrogen-bond acceptors (Lipinski definition) is 7. The molecule has 26 heavy (non-hydrogen) atoms. The number of carbonyl (C=O) groups excluding carboxylic acids is 1. The monoisotopic (exact) mass is 372 g/mol. The summed E-state index contributed by atoms with van der Waals surface area (Å²) >= 11 is 1.48. The van der Waals surface area contributed by atoms with Crippen LogP contribution in [0.2, 0.25) is 0 Å². The van der Waals surface area contributed by atoms with Crippen LogP contribution in [0.15, 0.2) is 30.5 Å². The van der Waals surface area contributed by atoms with Gasteiger partial charge >= 0.3 is 6.09 Å². The first-order valence-corrected chi connectivity index (χ1v) is 9.01. The van der Waals surface area contributed by atoms with E-state index in [1.54, 1.807) is 38.7 Å². The number of thiazole rings is 1. The number of ether oxygens (including phenoxy) is 2. The van der Waals surface area contributed by atoms with E-state index in [0.29, 0.717) is 23.6 Å². The third kappa shape index (κ3) is 3.60. The van der Waals surface area contributed by atoms with Gasteiger partial charge in [0.05, 0.1) is 28.9 Å². The van der Waals surface area contributed by atoms with Gasteiger partial charge in [-0.25, -0.2) is 9.78 Å². The third-order valence-electron chi connectivity index (χ3n) is 3.38. The normalized spacial score (nSPS) is 11.5. The fourth-order valence-electron chi connectivity index (χ4n) is 2.41.